The second kappa shape index (κ2) is 10.2. The van der Waals surface area contributed by atoms with Crippen molar-refractivity contribution >= 4 is 33.8 Å². The maximum absolute atomic E-state index is 12.7. The zero-order valence-electron chi connectivity index (χ0n) is 21.7. The van der Waals surface area contributed by atoms with E-state index in [1.165, 1.54) is 22.5 Å². The van der Waals surface area contributed by atoms with E-state index in [2.05, 4.69) is 69.2 Å². The number of ether oxygens (including phenoxy) is 1. The molecule has 1 amide bonds. The lowest BCUT2D eigenvalue weighted by Gasteiger charge is -2.35. The fraction of sp³-hybridized carbons (Fsp3) is 0.345. The van der Waals surface area contributed by atoms with Crippen molar-refractivity contribution in [2.45, 2.75) is 44.8 Å². The largest absolute Gasteiger partial charge is 0.377 e. The maximum atomic E-state index is 12.7. The number of nitrogens with zero attached hydrogens (tertiary/aromatic N) is 4. The minimum Gasteiger partial charge on any atom is -0.377 e. The van der Waals surface area contributed by atoms with Crippen LogP contribution in [0.2, 0.25) is 0 Å². The smallest absolute Gasteiger partial charge is 0.263 e. The summed E-state index contributed by atoms with van der Waals surface area (Å²) in [6.07, 6.45) is 5.35. The lowest BCUT2D eigenvalue weighted by molar-refractivity contribution is 0.0900. The standard InChI is InChI=1S/C29H32N6O2S/c1-29(2)17-25-26(27(36)33-29)38-28(32-25)35-12-13-37-19-24(35)16-20-6-3-8-22(14-20)31-23-9-4-7-21(15-23)18-34-11-5-10-30-34/h3-11,14-15,24,31H,12-13,16-19H2,1-2H3,(H,33,36). The molecule has 1 unspecified atom stereocenters. The van der Waals surface area contributed by atoms with E-state index >= 15 is 0 Å². The summed E-state index contributed by atoms with van der Waals surface area (Å²) in [5, 5.41) is 11.9. The van der Waals surface area contributed by atoms with Crippen LogP contribution < -0.4 is 15.5 Å². The molecule has 0 bridgehead atoms. The fourth-order valence-electron chi connectivity index (χ4n) is 5.21. The van der Waals surface area contributed by atoms with Gasteiger partial charge in [-0.15, -0.1) is 0 Å². The van der Waals surface area contributed by atoms with Gasteiger partial charge in [-0.1, -0.05) is 35.6 Å². The van der Waals surface area contributed by atoms with E-state index in [4.69, 9.17) is 9.72 Å². The summed E-state index contributed by atoms with van der Waals surface area (Å²) >= 11 is 1.50. The average molecular weight is 529 g/mol. The summed E-state index contributed by atoms with van der Waals surface area (Å²) < 4.78 is 7.80. The Morgan fingerprint density at radius 1 is 1.13 bits per heavy atom. The molecule has 1 fully saturated rings. The zero-order chi connectivity index (χ0) is 26.1. The first-order valence-corrected chi connectivity index (χ1v) is 13.8. The molecule has 0 saturated carbocycles. The lowest BCUT2D eigenvalue weighted by atomic mass is 9.94. The Bertz CT molecular complexity index is 1430. The number of carbonyl (C=O) groups is 1. The molecule has 38 heavy (non-hydrogen) atoms. The highest BCUT2D eigenvalue weighted by Crippen LogP contribution is 2.34. The van der Waals surface area contributed by atoms with Crippen molar-refractivity contribution in [2.75, 3.05) is 30.0 Å². The molecule has 0 radical (unpaired) electrons. The average Bonchev–Trinajstić information content (AvgIpc) is 3.54. The first kappa shape index (κ1) is 24.6. The third-order valence-electron chi connectivity index (χ3n) is 6.94. The van der Waals surface area contributed by atoms with Crippen molar-refractivity contribution in [1.29, 1.82) is 0 Å². The van der Waals surface area contributed by atoms with Gasteiger partial charge in [-0.3, -0.25) is 9.48 Å². The second-order valence-corrected chi connectivity index (χ2v) is 11.6. The molecular weight excluding hydrogens is 496 g/mol. The molecule has 0 spiro atoms. The predicted molar refractivity (Wildman–Crippen MR) is 151 cm³/mol. The highest BCUT2D eigenvalue weighted by molar-refractivity contribution is 7.17. The van der Waals surface area contributed by atoms with Gasteiger partial charge < -0.3 is 20.3 Å². The molecule has 8 nitrogen and oxygen atoms in total. The Kier molecular flexibility index (Phi) is 6.63. The fourth-order valence-corrected chi connectivity index (χ4v) is 6.28. The van der Waals surface area contributed by atoms with Gasteiger partial charge in [0.2, 0.25) is 0 Å². The van der Waals surface area contributed by atoms with Crippen LogP contribution in [0.15, 0.2) is 67.0 Å². The number of morpholine rings is 1. The Labute approximate surface area is 226 Å². The number of amides is 1. The van der Waals surface area contributed by atoms with Crippen molar-refractivity contribution in [3.05, 3.63) is 88.7 Å². The van der Waals surface area contributed by atoms with Crippen LogP contribution in [-0.2, 0) is 24.1 Å². The molecule has 9 heteroatoms. The topological polar surface area (TPSA) is 84.3 Å². The normalized spacial score (nSPS) is 18.6. The monoisotopic (exact) mass is 528 g/mol. The molecule has 2 aliphatic rings. The number of hydrogen-bond acceptors (Lipinski definition) is 7. The summed E-state index contributed by atoms with van der Waals surface area (Å²) in [7, 11) is 0. The van der Waals surface area contributed by atoms with E-state index < -0.39 is 0 Å². The second-order valence-electron chi connectivity index (χ2n) is 10.6. The summed E-state index contributed by atoms with van der Waals surface area (Å²) in [5.41, 5.74) is 5.14. The van der Waals surface area contributed by atoms with E-state index in [1.54, 1.807) is 6.20 Å². The van der Waals surface area contributed by atoms with Gasteiger partial charge in [0.05, 0.1) is 31.5 Å². The number of anilines is 3. The Hall–Kier alpha value is -3.69. The van der Waals surface area contributed by atoms with E-state index in [0.717, 1.165) is 53.0 Å². The van der Waals surface area contributed by atoms with Crippen molar-refractivity contribution in [3.63, 3.8) is 0 Å². The number of fused-ring (bicyclic) bond motifs is 1. The number of benzene rings is 2. The van der Waals surface area contributed by atoms with E-state index in [-0.39, 0.29) is 17.5 Å². The van der Waals surface area contributed by atoms with E-state index in [9.17, 15) is 4.79 Å². The van der Waals surface area contributed by atoms with Crippen LogP contribution in [0, 0.1) is 0 Å². The van der Waals surface area contributed by atoms with Gasteiger partial charge in [0.1, 0.15) is 4.88 Å². The molecule has 2 aromatic heterocycles. The Balaban J connectivity index is 1.17. The molecule has 4 heterocycles. The Morgan fingerprint density at radius 3 is 2.71 bits per heavy atom. The van der Waals surface area contributed by atoms with Crippen LogP contribution in [0.4, 0.5) is 16.5 Å². The zero-order valence-corrected chi connectivity index (χ0v) is 22.5. The highest BCUT2D eigenvalue weighted by atomic mass is 32.1. The van der Waals surface area contributed by atoms with Gasteiger partial charge in [0.25, 0.3) is 5.91 Å². The van der Waals surface area contributed by atoms with Crippen molar-refractivity contribution in [1.82, 2.24) is 20.1 Å². The number of hydrogen-bond donors (Lipinski definition) is 2. The minimum absolute atomic E-state index is 0.0164. The third kappa shape index (κ3) is 5.44. The predicted octanol–water partition coefficient (Wildman–Crippen LogP) is 4.64. The SMILES string of the molecule is CC1(C)Cc2nc(N3CCOCC3Cc3cccc(Nc4cccc(Cn5cccn5)c4)c3)sc2C(=O)N1. The molecule has 196 valence electrons. The van der Waals surface area contributed by atoms with Gasteiger partial charge in [-0.05, 0) is 61.7 Å². The van der Waals surface area contributed by atoms with E-state index in [1.807, 2.05) is 30.8 Å². The number of aromatic nitrogens is 3. The van der Waals surface area contributed by atoms with Crippen molar-refractivity contribution < 1.29 is 9.53 Å². The molecule has 2 aromatic carbocycles. The van der Waals surface area contributed by atoms with Crippen molar-refractivity contribution in [3.8, 4) is 0 Å². The van der Waals surface area contributed by atoms with Crippen molar-refractivity contribution in [2.24, 2.45) is 0 Å². The van der Waals surface area contributed by atoms with Crippen LogP contribution in [0.3, 0.4) is 0 Å². The minimum atomic E-state index is -0.272. The molecule has 4 aromatic rings. The molecular formula is C29H32N6O2S. The van der Waals surface area contributed by atoms with Crippen LogP contribution in [0.5, 0.6) is 0 Å². The van der Waals surface area contributed by atoms with Gasteiger partial charge in [-0.25, -0.2) is 4.98 Å². The van der Waals surface area contributed by atoms with Gasteiger partial charge in [0.15, 0.2) is 5.13 Å². The molecule has 2 N–H and O–H groups in total. The van der Waals surface area contributed by atoms with Crippen LogP contribution in [-0.4, -0.2) is 52.0 Å². The molecule has 6 rings (SSSR count). The first-order valence-electron chi connectivity index (χ1n) is 13.0. The molecule has 1 atom stereocenters. The number of rotatable bonds is 7. The van der Waals surface area contributed by atoms with Crippen LogP contribution in [0.1, 0.15) is 40.3 Å². The van der Waals surface area contributed by atoms with Gasteiger partial charge in [-0.2, -0.15) is 5.10 Å². The number of carbonyl (C=O) groups excluding carboxylic acids is 1. The number of thiazole rings is 1. The maximum Gasteiger partial charge on any atom is 0.263 e. The number of nitrogens with one attached hydrogen (secondary N) is 2. The molecule has 0 aliphatic carbocycles. The van der Waals surface area contributed by atoms with Crippen LogP contribution >= 0.6 is 11.3 Å². The van der Waals surface area contributed by atoms with Gasteiger partial charge >= 0.3 is 0 Å². The summed E-state index contributed by atoms with van der Waals surface area (Å²) in [4.78, 5) is 20.7. The summed E-state index contributed by atoms with van der Waals surface area (Å²) in [6.45, 7) is 6.88. The highest BCUT2D eigenvalue weighted by Gasteiger charge is 2.35. The van der Waals surface area contributed by atoms with E-state index in [0.29, 0.717) is 13.2 Å². The molecule has 2 aliphatic heterocycles. The quantitative estimate of drug-likeness (QED) is 0.364. The third-order valence-corrected chi connectivity index (χ3v) is 8.08. The Morgan fingerprint density at radius 2 is 1.92 bits per heavy atom. The van der Waals surface area contributed by atoms with Crippen LogP contribution in [0.25, 0.3) is 0 Å². The molecule has 1 saturated heterocycles. The first-order chi connectivity index (χ1) is 18.4. The summed E-state index contributed by atoms with van der Waals surface area (Å²) in [6, 6.07) is 19.1. The summed E-state index contributed by atoms with van der Waals surface area (Å²) in [5.74, 6) is -0.0164. The lowest BCUT2D eigenvalue weighted by Crippen LogP contribution is -2.48. The van der Waals surface area contributed by atoms with Gasteiger partial charge in [0, 0.05) is 42.3 Å².